The fourth-order valence-corrected chi connectivity index (χ4v) is 1.19. The minimum Gasteiger partial charge on any atom is -0.212 e. The molecule has 0 aliphatic carbocycles. The Labute approximate surface area is 68.1 Å². The number of hydrogen-bond donors (Lipinski definition) is 1. The van der Waals surface area contributed by atoms with Crippen LogP contribution in [0.15, 0.2) is 28.7 Å². The van der Waals surface area contributed by atoms with Crippen LogP contribution in [0.3, 0.4) is 0 Å². The van der Waals surface area contributed by atoms with Gasteiger partial charge >= 0.3 is 0 Å². The van der Waals surface area contributed by atoms with Crippen molar-refractivity contribution < 1.29 is 10.7 Å². The smallest absolute Gasteiger partial charge is 0.131 e. The summed E-state index contributed by atoms with van der Waals surface area (Å²) in [5.74, 6) is 3.30. The molecule has 0 bridgehead atoms. The number of benzene rings is 1. The summed E-state index contributed by atoms with van der Waals surface area (Å²) in [7, 11) is 0. The van der Waals surface area contributed by atoms with Gasteiger partial charge in [0.25, 0.3) is 0 Å². The lowest BCUT2D eigenvalue weighted by molar-refractivity contribution is -0.695. The predicted octanol–water partition coefficient (Wildman–Crippen LogP) is 1.12. The average Bonchev–Trinajstić information content (AvgIpc) is 1.88. The van der Waals surface area contributed by atoms with Gasteiger partial charge in [-0.3, -0.25) is 0 Å². The van der Waals surface area contributed by atoms with Crippen molar-refractivity contribution in [3.8, 4) is 0 Å². The molecule has 0 spiro atoms. The zero-order valence-corrected chi connectivity index (χ0v) is 7.10. The highest BCUT2D eigenvalue weighted by Gasteiger charge is 1.92. The molecule has 0 aliphatic rings. The van der Waals surface area contributed by atoms with Crippen LogP contribution in [0.4, 0.5) is 0 Å². The minimum absolute atomic E-state index is 0.569. The van der Waals surface area contributed by atoms with Crippen molar-refractivity contribution in [2.75, 3.05) is 0 Å². The molecule has 0 heterocycles. The zero-order chi connectivity index (χ0) is 7.40. The molecule has 0 radical (unpaired) electrons. The van der Waals surface area contributed by atoms with Crippen LogP contribution < -0.4 is 5.90 Å². The molecule has 0 aliphatic heterocycles. The third kappa shape index (κ3) is 2.10. The summed E-state index contributed by atoms with van der Waals surface area (Å²) in [6.45, 7) is 0.569. The van der Waals surface area contributed by atoms with E-state index in [9.17, 15) is 0 Å². The molecule has 0 unspecified atom stereocenters. The van der Waals surface area contributed by atoms with E-state index in [1.54, 1.807) is 0 Å². The Balaban J connectivity index is 2.75. The monoisotopic (exact) mass is 202 g/mol. The highest BCUT2D eigenvalue weighted by atomic mass is 79.9. The van der Waals surface area contributed by atoms with Crippen molar-refractivity contribution in [1.29, 1.82) is 0 Å². The standard InChI is InChI=1S/C7H9BrNO/c8-7-3-1-2-6(4-7)5-10-9/h1-4H,5H2,9H3/q+1. The Morgan fingerprint density at radius 1 is 1.50 bits per heavy atom. The lowest BCUT2D eigenvalue weighted by Gasteiger charge is -1.95. The number of rotatable bonds is 2. The fraction of sp³-hybridized carbons (Fsp3) is 0.143. The van der Waals surface area contributed by atoms with Crippen molar-refractivity contribution >= 4 is 15.9 Å². The van der Waals surface area contributed by atoms with Gasteiger partial charge in [-0.2, -0.15) is 0 Å². The highest BCUT2D eigenvalue weighted by molar-refractivity contribution is 9.10. The van der Waals surface area contributed by atoms with Gasteiger partial charge in [0.15, 0.2) is 0 Å². The Bertz CT molecular complexity index is 215. The molecule has 1 aromatic rings. The van der Waals surface area contributed by atoms with E-state index in [0.29, 0.717) is 6.61 Å². The van der Waals surface area contributed by atoms with E-state index >= 15 is 0 Å². The summed E-state index contributed by atoms with van der Waals surface area (Å²) in [6.07, 6.45) is 0. The molecule has 0 aromatic heterocycles. The molecule has 2 nitrogen and oxygen atoms in total. The second-order valence-corrected chi connectivity index (χ2v) is 2.89. The van der Waals surface area contributed by atoms with E-state index in [4.69, 9.17) is 4.84 Å². The van der Waals surface area contributed by atoms with E-state index in [1.165, 1.54) is 0 Å². The molecule has 0 amide bonds. The number of halogens is 1. The molecular formula is C7H9BrNO+. The summed E-state index contributed by atoms with van der Waals surface area (Å²) in [6, 6.07) is 7.95. The molecule has 1 rings (SSSR count). The lowest BCUT2D eigenvalue weighted by atomic mass is 10.2. The van der Waals surface area contributed by atoms with Gasteiger partial charge in [0.2, 0.25) is 0 Å². The Hall–Kier alpha value is -0.380. The van der Waals surface area contributed by atoms with E-state index in [2.05, 4.69) is 21.8 Å². The molecule has 0 atom stereocenters. The van der Waals surface area contributed by atoms with E-state index in [0.717, 1.165) is 10.0 Å². The van der Waals surface area contributed by atoms with Crippen LogP contribution in [0.2, 0.25) is 0 Å². The Morgan fingerprint density at radius 2 is 2.30 bits per heavy atom. The summed E-state index contributed by atoms with van der Waals surface area (Å²) in [4.78, 5) is 4.71. The molecule has 3 heteroatoms. The fourth-order valence-electron chi connectivity index (χ4n) is 0.745. The Morgan fingerprint density at radius 3 is 2.90 bits per heavy atom. The maximum absolute atomic E-state index is 4.71. The second-order valence-electron chi connectivity index (χ2n) is 1.98. The van der Waals surface area contributed by atoms with Gasteiger partial charge in [-0.15, -0.1) is 0 Å². The third-order valence-electron chi connectivity index (χ3n) is 1.16. The van der Waals surface area contributed by atoms with Crippen molar-refractivity contribution in [2.24, 2.45) is 0 Å². The molecular weight excluding hydrogens is 194 g/mol. The second kappa shape index (κ2) is 3.71. The van der Waals surface area contributed by atoms with Crippen molar-refractivity contribution in [3.63, 3.8) is 0 Å². The van der Waals surface area contributed by atoms with E-state index in [-0.39, 0.29) is 0 Å². The summed E-state index contributed by atoms with van der Waals surface area (Å²) in [5.41, 5.74) is 1.13. The van der Waals surface area contributed by atoms with Gasteiger partial charge in [0.1, 0.15) is 6.61 Å². The molecule has 0 saturated carbocycles. The third-order valence-corrected chi connectivity index (χ3v) is 1.65. The topological polar surface area (TPSA) is 36.9 Å². The van der Waals surface area contributed by atoms with E-state index in [1.807, 2.05) is 24.3 Å². The van der Waals surface area contributed by atoms with Gasteiger partial charge in [0.05, 0.1) is 0 Å². The maximum atomic E-state index is 4.71. The summed E-state index contributed by atoms with van der Waals surface area (Å²) < 4.78 is 1.07. The first kappa shape index (κ1) is 7.72. The SMILES string of the molecule is [NH3+]OCc1cccc(Br)c1. The minimum atomic E-state index is 0.569. The number of hydrogen-bond acceptors (Lipinski definition) is 1. The number of quaternary nitrogens is 1. The van der Waals surface area contributed by atoms with Gasteiger partial charge in [-0.1, -0.05) is 28.1 Å². The summed E-state index contributed by atoms with van der Waals surface area (Å²) in [5, 5.41) is 0. The van der Waals surface area contributed by atoms with E-state index < -0.39 is 0 Å². The van der Waals surface area contributed by atoms with Gasteiger partial charge in [-0.25, -0.2) is 10.7 Å². The maximum Gasteiger partial charge on any atom is 0.131 e. The van der Waals surface area contributed by atoms with Crippen LogP contribution in [0.1, 0.15) is 5.56 Å². The molecule has 3 N–H and O–H groups in total. The first-order valence-corrected chi connectivity index (χ1v) is 3.73. The van der Waals surface area contributed by atoms with Crippen molar-refractivity contribution in [1.82, 2.24) is 0 Å². The first-order valence-electron chi connectivity index (χ1n) is 2.94. The average molecular weight is 203 g/mol. The van der Waals surface area contributed by atoms with Gasteiger partial charge in [0, 0.05) is 4.47 Å². The largest absolute Gasteiger partial charge is 0.212 e. The molecule has 54 valence electrons. The van der Waals surface area contributed by atoms with Crippen LogP contribution >= 0.6 is 15.9 Å². The van der Waals surface area contributed by atoms with Crippen LogP contribution in [-0.4, -0.2) is 0 Å². The quantitative estimate of drug-likeness (QED) is 0.718. The van der Waals surface area contributed by atoms with Gasteiger partial charge < -0.3 is 0 Å². The summed E-state index contributed by atoms with van der Waals surface area (Å²) >= 11 is 3.36. The Kier molecular flexibility index (Phi) is 2.86. The molecule has 1 aromatic carbocycles. The zero-order valence-electron chi connectivity index (χ0n) is 5.51. The first-order chi connectivity index (χ1) is 4.83. The molecule has 0 fully saturated rings. The highest BCUT2D eigenvalue weighted by Crippen LogP contribution is 2.11. The lowest BCUT2D eigenvalue weighted by Crippen LogP contribution is -2.48. The van der Waals surface area contributed by atoms with Crippen molar-refractivity contribution in [2.45, 2.75) is 6.61 Å². The van der Waals surface area contributed by atoms with Crippen molar-refractivity contribution in [3.05, 3.63) is 34.3 Å². The molecule has 10 heavy (non-hydrogen) atoms. The van der Waals surface area contributed by atoms with Crippen LogP contribution in [0.5, 0.6) is 0 Å². The van der Waals surface area contributed by atoms with Crippen LogP contribution in [-0.2, 0) is 11.4 Å². The normalized spacial score (nSPS) is 9.80. The molecule has 0 saturated heterocycles. The predicted molar refractivity (Wildman–Crippen MR) is 41.8 cm³/mol. The van der Waals surface area contributed by atoms with Gasteiger partial charge in [-0.05, 0) is 17.7 Å². The van der Waals surface area contributed by atoms with Crippen LogP contribution in [0, 0.1) is 0 Å². The van der Waals surface area contributed by atoms with Crippen LogP contribution in [0.25, 0.3) is 0 Å².